The average Bonchev–Trinajstić information content (AvgIpc) is 2.36. The summed E-state index contributed by atoms with van der Waals surface area (Å²) in [7, 11) is 0. The minimum absolute atomic E-state index is 0.0602. The predicted molar refractivity (Wildman–Crippen MR) is 79.3 cm³/mol. The van der Waals surface area contributed by atoms with Gasteiger partial charge < -0.3 is 15.2 Å². The van der Waals surface area contributed by atoms with Crippen molar-refractivity contribution in [3.63, 3.8) is 0 Å². The molecule has 0 aromatic heterocycles. The van der Waals surface area contributed by atoms with Crippen LogP contribution in [0.15, 0.2) is 35.3 Å². The Bertz CT molecular complexity index is 584. The molecule has 0 heterocycles. The van der Waals surface area contributed by atoms with E-state index in [0.717, 1.165) is 0 Å². The molecule has 0 aliphatic carbocycles. The van der Waals surface area contributed by atoms with Crippen molar-refractivity contribution in [2.75, 3.05) is 0 Å². The largest absolute Gasteiger partial charge is 0.480 e. The molecule has 0 spiro atoms. The van der Waals surface area contributed by atoms with Crippen LogP contribution in [-0.2, 0) is 9.59 Å². The van der Waals surface area contributed by atoms with Crippen molar-refractivity contribution in [1.29, 1.82) is 0 Å². The van der Waals surface area contributed by atoms with Gasteiger partial charge in [0.25, 0.3) is 5.91 Å². The number of ether oxygens (including phenoxy) is 1. The molecule has 1 amide bonds. The van der Waals surface area contributed by atoms with Crippen LogP contribution in [-0.4, -0.2) is 29.0 Å². The zero-order valence-corrected chi connectivity index (χ0v) is 12.8. The van der Waals surface area contributed by atoms with Gasteiger partial charge in [-0.15, -0.1) is 0 Å². The molecule has 1 atom stereocenters. The molecule has 0 fully saturated rings. The third kappa shape index (κ3) is 5.78. The maximum absolute atomic E-state index is 12.0. The number of carbonyl (C=O) groups excluding carboxylic acids is 2. The van der Waals surface area contributed by atoms with Crippen molar-refractivity contribution in [3.05, 3.63) is 40.9 Å². The summed E-state index contributed by atoms with van der Waals surface area (Å²) in [6.07, 6.45) is 0.0602. The summed E-state index contributed by atoms with van der Waals surface area (Å²) < 4.78 is 5.33. The summed E-state index contributed by atoms with van der Waals surface area (Å²) in [6, 6.07) is 4.81. The van der Waals surface area contributed by atoms with Crippen LogP contribution in [0, 0.1) is 0 Å². The van der Waals surface area contributed by atoms with Crippen molar-refractivity contribution >= 4 is 33.8 Å². The van der Waals surface area contributed by atoms with Gasteiger partial charge in [0, 0.05) is 18.9 Å². The second-order valence-corrected chi connectivity index (χ2v) is 5.33. The fraction of sp³-hybridized carbons (Fsp3) is 0.214. The van der Waals surface area contributed by atoms with Crippen LogP contribution in [0.1, 0.15) is 23.7 Å². The van der Waals surface area contributed by atoms with Crippen LogP contribution < -0.4 is 10.1 Å². The van der Waals surface area contributed by atoms with Gasteiger partial charge in [-0.1, -0.05) is 28.6 Å². The van der Waals surface area contributed by atoms with Crippen LogP contribution in [0.25, 0.3) is 0 Å². The number of benzene rings is 1. The summed E-state index contributed by atoms with van der Waals surface area (Å²) in [4.78, 5) is 34.0. The Morgan fingerprint density at radius 2 is 2.10 bits per heavy atom. The van der Waals surface area contributed by atoms with Gasteiger partial charge >= 0.3 is 11.9 Å². The molecule has 0 bridgehead atoms. The van der Waals surface area contributed by atoms with E-state index in [-0.39, 0.29) is 17.7 Å². The van der Waals surface area contributed by atoms with E-state index in [0.29, 0.717) is 4.48 Å². The lowest BCUT2D eigenvalue weighted by Gasteiger charge is -2.14. The highest BCUT2D eigenvalue weighted by atomic mass is 79.9. The van der Waals surface area contributed by atoms with Crippen LogP contribution in [0.4, 0.5) is 0 Å². The minimum atomic E-state index is -1.17. The highest BCUT2D eigenvalue weighted by Crippen LogP contribution is 2.15. The number of esters is 1. The van der Waals surface area contributed by atoms with Gasteiger partial charge in [0.1, 0.15) is 11.8 Å². The van der Waals surface area contributed by atoms with Gasteiger partial charge in [0.2, 0.25) is 0 Å². The summed E-state index contributed by atoms with van der Waals surface area (Å²) in [5.41, 5.74) is 0.195. The third-order valence-electron chi connectivity index (χ3n) is 2.39. The topological polar surface area (TPSA) is 92.7 Å². The number of carbonyl (C=O) groups is 3. The van der Waals surface area contributed by atoms with E-state index in [9.17, 15) is 14.4 Å². The van der Waals surface area contributed by atoms with E-state index < -0.39 is 23.9 Å². The molecule has 6 nitrogen and oxygen atoms in total. The summed E-state index contributed by atoms with van der Waals surface area (Å²) in [5.74, 6) is -2.04. The van der Waals surface area contributed by atoms with E-state index in [1.54, 1.807) is 0 Å². The molecule has 7 heteroatoms. The first-order valence-corrected chi connectivity index (χ1v) is 6.74. The lowest BCUT2D eigenvalue weighted by atomic mass is 10.1. The lowest BCUT2D eigenvalue weighted by Crippen LogP contribution is -2.40. The first-order valence-electron chi connectivity index (χ1n) is 5.95. The van der Waals surface area contributed by atoms with E-state index in [1.807, 2.05) is 0 Å². The molecule has 0 saturated heterocycles. The molecule has 112 valence electrons. The van der Waals surface area contributed by atoms with E-state index in [2.05, 4.69) is 27.8 Å². The van der Waals surface area contributed by atoms with Gasteiger partial charge in [-0.25, -0.2) is 4.79 Å². The number of hydrogen-bond acceptors (Lipinski definition) is 4. The number of nitrogens with one attached hydrogen (secondary N) is 1. The number of aliphatic carboxylic acids is 1. The molecular weight excluding hydrogens is 342 g/mol. The summed E-state index contributed by atoms with van der Waals surface area (Å²) in [6.45, 7) is 4.79. The number of rotatable bonds is 6. The van der Waals surface area contributed by atoms with Crippen LogP contribution in [0.3, 0.4) is 0 Å². The quantitative estimate of drug-likeness (QED) is 0.602. The van der Waals surface area contributed by atoms with E-state index in [1.165, 1.54) is 31.2 Å². The molecule has 0 saturated carbocycles. The summed E-state index contributed by atoms with van der Waals surface area (Å²) >= 11 is 3.06. The van der Waals surface area contributed by atoms with E-state index >= 15 is 0 Å². The molecule has 0 aliphatic rings. The normalized spacial score (nSPS) is 11.3. The van der Waals surface area contributed by atoms with Crippen LogP contribution in [0.5, 0.6) is 5.75 Å². The van der Waals surface area contributed by atoms with Crippen molar-refractivity contribution in [2.45, 2.75) is 19.4 Å². The van der Waals surface area contributed by atoms with Gasteiger partial charge in [-0.05, 0) is 22.7 Å². The van der Waals surface area contributed by atoms with Gasteiger partial charge in [0.05, 0.1) is 0 Å². The fourth-order valence-corrected chi connectivity index (χ4v) is 1.85. The molecule has 1 aromatic carbocycles. The van der Waals surface area contributed by atoms with Crippen molar-refractivity contribution in [1.82, 2.24) is 5.32 Å². The first kappa shape index (κ1) is 16.9. The Balaban J connectivity index is 2.84. The zero-order chi connectivity index (χ0) is 16.0. The number of carboxylic acid groups (broad SMARTS) is 1. The highest BCUT2D eigenvalue weighted by Gasteiger charge is 2.21. The number of carboxylic acids is 1. The monoisotopic (exact) mass is 355 g/mol. The maximum atomic E-state index is 12.0. The van der Waals surface area contributed by atoms with Gasteiger partial charge in [-0.3, -0.25) is 9.59 Å². The fourth-order valence-electron chi connectivity index (χ4n) is 1.53. The minimum Gasteiger partial charge on any atom is -0.480 e. The number of hydrogen-bond donors (Lipinski definition) is 2. The Morgan fingerprint density at radius 1 is 1.43 bits per heavy atom. The second-order valence-electron chi connectivity index (χ2n) is 4.21. The molecule has 2 N–H and O–H groups in total. The SMILES string of the molecule is C=C(Br)C[C@@H](NC(=O)c1cccc(OC(C)=O)c1)C(=O)O. The molecule has 0 unspecified atom stereocenters. The number of amides is 1. The standard InChI is InChI=1S/C14H14BrNO5/c1-8(15)6-12(14(19)20)16-13(18)10-4-3-5-11(7-10)21-9(2)17/h3-5,7,12H,1,6H2,2H3,(H,16,18)(H,19,20)/t12-/m1/s1. The van der Waals surface area contributed by atoms with Crippen molar-refractivity contribution in [2.24, 2.45) is 0 Å². The van der Waals surface area contributed by atoms with Crippen LogP contribution in [0.2, 0.25) is 0 Å². The van der Waals surface area contributed by atoms with Gasteiger partial charge in [-0.2, -0.15) is 0 Å². The second kappa shape index (κ2) is 7.58. The van der Waals surface area contributed by atoms with Gasteiger partial charge in [0.15, 0.2) is 0 Å². The molecule has 1 aromatic rings. The third-order valence-corrected chi connectivity index (χ3v) is 2.71. The van der Waals surface area contributed by atoms with Crippen molar-refractivity contribution in [3.8, 4) is 5.75 Å². The smallest absolute Gasteiger partial charge is 0.326 e. The Kier molecular flexibility index (Phi) is 6.10. The van der Waals surface area contributed by atoms with Crippen molar-refractivity contribution < 1.29 is 24.2 Å². The Labute approximate surface area is 129 Å². The zero-order valence-electron chi connectivity index (χ0n) is 11.3. The highest BCUT2D eigenvalue weighted by molar-refractivity contribution is 9.11. The molecule has 1 rings (SSSR count). The molecular formula is C14H14BrNO5. The Hall–Kier alpha value is -2.15. The lowest BCUT2D eigenvalue weighted by molar-refractivity contribution is -0.139. The average molecular weight is 356 g/mol. The molecule has 21 heavy (non-hydrogen) atoms. The predicted octanol–water partition coefficient (Wildman–Crippen LogP) is 2.09. The molecule has 0 aliphatic heterocycles. The number of halogens is 1. The Morgan fingerprint density at radius 3 is 2.62 bits per heavy atom. The summed E-state index contributed by atoms with van der Waals surface area (Å²) in [5, 5.41) is 11.4. The first-order chi connectivity index (χ1) is 9.79. The van der Waals surface area contributed by atoms with E-state index in [4.69, 9.17) is 9.84 Å². The van der Waals surface area contributed by atoms with Crippen LogP contribution >= 0.6 is 15.9 Å². The molecule has 0 radical (unpaired) electrons. The maximum Gasteiger partial charge on any atom is 0.326 e.